The largest absolute Gasteiger partial charge is 0.348 e. The van der Waals surface area contributed by atoms with Gasteiger partial charge in [0.1, 0.15) is 17.3 Å². The number of H-pyrrole nitrogens is 1. The number of halogens is 2. The van der Waals surface area contributed by atoms with Crippen LogP contribution in [-0.2, 0) is 6.42 Å². The van der Waals surface area contributed by atoms with Gasteiger partial charge in [-0.25, -0.2) is 14.4 Å². The third-order valence-electron chi connectivity index (χ3n) is 3.69. The number of fused-ring (bicyclic) bond motifs is 1. The molecule has 0 radical (unpaired) electrons. The minimum atomic E-state index is -0.270. The molecule has 3 heterocycles. The van der Waals surface area contributed by atoms with Crippen molar-refractivity contribution in [3.05, 3.63) is 77.3 Å². The van der Waals surface area contributed by atoms with Crippen LogP contribution in [0.25, 0.3) is 16.9 Å². The smallest absolute Gasteiger partial charge is 0.139 e. The lowest BCUT2D eigenvalue weighted by molar-refractivity contribution is 0.628. The summed E-state index contributed by atoms with van der Waals surface area (Å²) in [5.74, 6) is 0.568. The van der Waals surface area contributed by atoms with E-state index in [4.69, 9.17) is 11.6 Å². The number of hydrogen-bond donors (Lipinski definition) is 1. The van der Waals surface area contributed by atoms with Crippen LogP contribution in [0.4, 0.5) is 4.39 Å². The second-order valence-corrected chi connectivity index (χ2v) is 5.64. The molecule has 0 fully saturated rings. The number of benzene rings is 1. The molecule has 0 aliphatic rings. The molecule has 0 saturated heterocycles. The predicted octanol–water partition coefficient (Wildman–Crippen LogP) is 4.11. The Kier molecular flexibility index (Phi) is 3.35. The van der Waals surface area contributed by atoms with Gasteiger partial charge in [-0.3, -0.25) is 0 Å². The summed E-state index contributed by atoms with van der Waals surface area (Å²) in [6, 6.07) is 9.94. The van der Waals surface area contributed by atoms with Gasteiger partial charge in [-0.2, -0.15) is 0 Å². The van der Waals surface area contributed by atoms with Gasteiger partial charge in [0.25, 0.3) is 0 Å². The van der Waals surface area contributed by atoms with Gasteiger partial charge in [-0.1, -0.05) is 11.6 Å². The Morgan fingerprint density at radius 2 is 2.00 bits per heavy atom. The predicted molar refractivity (Wildman–Crippen MR) is 87.0 cm³/mol. The molecule has 4 rings (SSSR count). The second kappa shape index (κ2) is 5.52. The molecule has 6 heteroatoms. The zero-order chi connectivity index (χ0) is 15.8. The first-order chi connectivity index (χ1) is 11.2. The van der Waals surface area contributed by atoms with Gasteiger partial charge < -0.3 is 9.38 Å². The van der Waals surface area contributed by atoms with Gasteiger partial charge in [0.2, 0.25) is 0 Å². The Balaban J connectivity index is 1.92. The van der Waals surface area contributed by atoms with E-state index in [0.717, 1.165) is 28.4 Å². The average Bonchev–Trinajstić information content (AvgIpc) is 3.17. The van der Waals surface area contributed by atoms with E-state index in [-0.39, 0.29) is 5.82 Å². The van der Waals surface area contributed by atoms with E-state index in [2.05, 4.69) is 15.0 Å². The molecule has 1 aromatic carbocycles. The Labute approximate surface area is 136 Å². The number of nitrogens with one attached hydrogen (secondary N) is 1. The first-order valence-corrected chi connectivity index (χ1v) is 7.49. The van der Waals surface area contributed by atoms with Crippen molar-refractivity contribution in [3.8, 4) is 11.3 Å². The molecule has 0 bridgehead atoms. The second-order valence-electron chi connectivity index (χ2n) is 5.20. The standard InChI is InChI=1S/C17H12ClFN4/c18-12-5-8-23-14(10-15-20-6-7-21-15)17(22-16(23)9-12)11-1-3-13(19)4-2-11/h1-9H,10H2,(H,20,21). The van der Waals surface area contributed by atoms with Crippen LogP contribution in [-0.4, -0.2) is 19.4 Å². The highest BCUT2D eigenvalue weighted by Crippen LogP contribution is 2.27. The van der Waals surface area contributed by atoms with Crippen molar-refractivity contribution in [1.29, 1.82) is 0 Å². The molecule has 3 aromatic heterocycles. The van der Waals surface area contributed by atoms with Crippen molar-refractivity contribution in [2.75, 3.05) is 0 Å². The summed E-state index contributed by atoms with van der Waals surface area (Å²) in [5.41, 5.74) is 3.37. The van der Waals surface area contributed by atoms with Crippen molar-refractivity contribution in [1.82, 2.24) is 19.4 Å². The zero-order valence-electron chi connectivity index (χ0n) is 12.0. The molecular formula is C17H12ClFN4. The SMILES string of the molecule is Fc1ccc(-c2nc3cc(Cl)ccn3c2Cc2ncc[nH]2)cc1. The Morgan fingerprint density at radius 1 is 1.17 bits per heavy atom. The monoisotopic (exact) mass is 326 g/mol. The number of aromatic nitrogens is 4. The number of imidazole rings is 2. The summed E-state index contributed by atoms with van der Waals surface area (Å²) in [6.07, 6.45) is 5.97. The maximum atomic E-state index is 13.2. The number of aromatic amines is 1. The van der Waals surface area contributed by atoms with Crippen molar-refractivity contribution in [2.45, 2.75) is 6.42 Å². The Hall–Kier alpha value is -2.66. The lowest BCUT2D eigenvalue weighted by Crippen LogP contribution is -1.98. The average molecular weight is 327 g/mol. The minimum absolute atomic E-state index is 0.270. The van der Waals surface area contributed by atoms with Crippen molar-refractivity contribution < 1.29 is 4.39 Å². The molecule has 0 aliphatic carbocycles. The summed E-state index contributed by atoms with van der Waals surface area (Å²) in [6.45, 7) is 0. The van der Waals surface area contributed by atoms with E-state index in [1.807, 2.05) is 16.7 Å². The third kappa shape index (κ3) is 2.59. The summed E-state index contributed by atoms with van der Waals surface area (Å²) in [5, 5.41) is 0.623. The van der Waals surface area contributed by atoms with Crippen LogP contribution >= 0.6 is 11.6 Å². The molecule has 1 N–H and O–H groups in total. The fraction of sp³-hybridized carbons (Fsp3) is 0.0588. The van der Waals surface area contributed by atoms with E-state index in [9.17, 15) is 4.39 Å². The van der Waals surface area contributed by atoms with Gasteiger partial charge >= 0.3 is 0 Å². The summed E-state index contributed by atoms with van der Waals surface area (Å²) in [7, 11) is 0. The van der Waals surface area contributed by atoms with Crippen molar-refractivity contribution >= 4 is 17.2 Å². The molecule has 114 valence electrons. The molecule has 0 atom stereocenters. The van der Waals surface area contributed by atoms with Gasteiger partial charge in [0.05, 0.1) is 11.4 Å². The fourth-order valence-corrected chi connectivity index (χ4v) is 2.79. The highest BCUT2D eigenvalue weighted by atomic mass is 35.5. The van der Waals surface area contributed by atoms with E-state index in [0.29, 0.717) is 11.4 Å². The van der Waals surface area contributed by atoms with Crippen LogP contribution in [0.1, 0.15) is 11.5 Å². The molecule has 0 aliphatic heterocycles. The maximum absolute atomic E-state index is 13.2. The fourth-order valence-electron chi connectivity index (χ4n) is 2.63. The van der Waals surface area contributed by atoms with E-state index in [1.54, 1.807) is 30.6 Å². The maximum Gasteiger partial charge on any atom is 0.139 e. The van der Waals surface area contributed by atoms with Crippen LogP contribution < -0.4 is 0 Å². The Morgan fingerprint density at radius 3 is 2.74 bits per heavy atom. The summed E-state index contributed by atoms with van der Waals surface area (Å²) < 4.78 is 15.2. The molecule has 0 spiro atoms. The van der Waals surface area contributed by atoms with Gasteiger partial charge in [0, 0.05) is 41.7 Å². The summed E-state index contributed by atoms with van der Waals surface area (Å²) in [4.78, 5) is 12.1. The first-order valence-electron chi connectivity index (χ1n) is 7.11. The van der Waals surface area contributed by atoms with Crippen LogP contribution in [0.2, 0.25) is 5.02 Å². The van der Waals surface area contributed by atoms with E-state index >= 15 is 0 Å². The minimum Gasteiger partial charge on any atom is -0.348 e. The molecule has 0 amide bonds. The van der Waals surface area contributed by atoms with Crippen LogP contribution in [0.5, 0.6) is 0 Å². The first kappa shape index (κ1) is 14.0. The molecular weight excluding hydrogens is 315 g/mol. The molecule has 4 aromatic rings. The quantitative estimate of drug-likeness (QED) is 0.616. The van der Waals surface area contributed by atoms with E-state index in [1.165, 1.54) is 12.1 Å². The van der Waals surface area contributed by atoms with Gasteiger partial charge in [-0.05, 0) is 30.3 Å². The Bertz CT molecular complexity index is 958. The lowest BCUT2D eigenvalue weighted by Gasteiger charge is -2.04. The topological polar surface area (TPSA) is 46.0 Å². The highest BCUT2D eigenvalue weighted by molar-refractivity contribution is 6.30. The number of rotatable bonds is 3. The molecule has 0 unspecified atom stereocenters. The highest BCUT2D eigenvalue weighted by Gasteiger charge is 2.15. The van der Waals surface area contributed by atoms with Gasteiger partial charge in [-0.15, -0.1) is 0 Å². The van der Waals surface area contributed by atoms with E-state index < -0.39 is 0 Å². The number of hydrogen-bond acceptors (Lipinski definition) is 2. The van der Waals surface area contributed by atoms with Crippen LogP contribution in [0.3, 0.4) is 0 Å². The molecule has 23 heavy (non-hydrogen) atoms. The van der Waals surface area contributed by atoms with Crippen molar-refractivity contribution in [2.24, 2.45) is 0 Å². The number of pyridine rings is 1. The molecule has 0 saturated carbocycles. The van der Waals surface area contributed by atoms with Crippen LogP contribution in [0, 0.1) is 5.82 Å². The van der Waals surface area contributed by atoms with Crippen LogP contribution in [0.15, 0.2) is 55.0 Å². The lowest BCUT2D eigenvalue weighted by atomic mass is 10.1. The van der Waals surface area contributed by atoms with Crippen molar-refractivity contribution in [3.63, 3.8) is 0 Å². The zero-order valence-corrected chi connectivity index (χ0v) is 12.8. The number of nitrogens with zero attached hydrogens (tertiary/aromatic N) is 3. The third-order valence-corrected chi connectivity index (χ3v) is 3.93. The molecule has 4 nitrogen and oxygen atoms in total. The summed E-state index contributed by atoms with van der Waals surface area (Å²) >= 11 is 6.07. The van der Waals surface area contributed by atoms with Gasteiger partial charge in [0.15, 0.2) is 0 Å². The normalized spacial score (nSPS) is 11.2.